The third-order valence-electron chi connectivity index (χ3n) is 5.17. The van der Waals surface area contributed by atoms with Crippen LogP contribution in [0.4, 0.5) is 5.69 Å². The Morgan fingerprint density at radius 2 is 1.88 bits per heavy atom. The molecule has 0 radical (unpaired) electrons. The third kappa shape index (κ3) is 5.82. The first-order valence-corrected chi connectivity index (χ1v) is 11.8. The molecule has 1 saturated heterocycles. The van der Waals surface area contributed by atoms with Crippen molar-refractivity contribution in [1.82, 2.24) is 4.90 Å². The van der Waals surface area contributed by atoms with Crippen LogP contribution in [0.3, 0.4) is 0 Å². The van der Waals surface area contributed by atoms with Crippen LogP contribution in [0.15, 0.2) is 47.4 Å². The van der Waals surface area contributed by atoms with E-state index in [1.54, 1.807) is 18.2 Å². The van der Waals surface area contributed by atoms with E-state index in [4.69, 9.17) is 21.7 Å². The molecule has 2 aromatic carbocycles. The van der Waals surface area contributed by atoms with Crippen molar-refractivity contribution >= 4 is 46.0 Å². The second-order valence-corrected chi connectivity index (χ2v) is 8.85. The molecule has 1 heterocycles. The molecule has 0 aliphatic carbocycles. The van der Waals surface area contributed by atoms with Crippen LogP contribution in [-0.4, -0.2) is 53.6 Å². The average molecular weight is 473 g/mol. The monoisotopic (exact) mass is 472 g/mol. The van der Waals surface area contributed by atoms with E-state index >= 15 is 0 Å². The number of thioether (sulfide) groups is 1. The lowest BCUT2D eigenvalue weighted by Crippen LogP contribution is -2.27. The fourth-order valence-corrected chi connectivity index (χ4v) is 4.63. The van der Waals surface area contributed by atoms with Crippen LogP contribution in [0.5, 0.6) is 17.2 Å². The van der Waals surface area contributed by atoms with Crippen molar-refractivity contribution in [2.45, 2.75) is 20.3 Å². The Bertz CT molecular complexity index is 988. The maximum Gasteiger partial charge on any atom is 0.270 e. The van der Waals surface area contributed by atoms with Gasteiger partial charge in [0.2, 0.25) is 0 Å². The number of thiocarbonyl (C=S) groups is 1. The summed E-state index contributed by atoms with van der Waals surface area (Å²) in [7, 11) is 1.48. The number of aromatic hydroxyl groups is 1. The molecule has 1 N–H and O–H groups in total. The second-order valence-electron chi connectivity index (χ2n) is 7.17. The summed E-state index contributed by atoms with van der Waals surface area (Å²) in [6.45, 7) is 8.07. The second kappa shape index (κ2) is 11.4. The normalized spacial score (nSPS) is 15.1. The number of nitrogens with zero attached hydrogens (tertiary/aromatic N) is 2. The van der Waals surface area contributed by atoms with Crippen LogP contribution in [-0.2, 0) is 4.79 Å². The molecule has 6 nitrogen and oxygen atoms in total. The molecular formula is C24H28N2O4S2. The highest BCUT2D eigenvalue weighted by Crippen LogP contribution is 2.37. The van der Waals surface area contributed by atoms with Crippen molar-refractivity contribution in [2.24, 2.45) is 0 Å². The summed E-state index contributed by atoms with van der Waals surface area (Å²) in [5, 5.41) is 9.76. The van der Waals surface area contributed by atoms with E-state index in [0.717, 1.165) is 37.4 Å². The van der Waals surface area contributed by atoms with E-state index < -0.39 is 0 Å². The number of hydrogen-bond donors (Lipinski definition) is 1. The zero-order valence-electron chi connectivity index (χ0n) is 18.5. The molecule has 1 aliphatic heterocycles. The van der Waals surface area contributed by atoms with E-state index in [0.29, 0.717) is 27.3 Å². The van der Waals surface area contributed by atoms with Crippen LogP contribution < -0.4 is 14.4 Å². The number of methoxy groups -OCH3 is 1. The fourth-order valence-electron chi connectivity index (χ4n) is 3.34. The smallest absolute Gasteiger partial charge is 0.270 e. The van der Waals surface area contributed by atoms with Gasteiger partial charge in [-0.2, -0.15) is 0 Å². The lowest BCUT2D eigenvalue weighted by Gasteiger charge is -2.18. The molecule has 1 amide bonds. The van der Waals surface area contributed by atoms with Gasteiger partial charge in [0.1, 0.15) is 5.75 Å². The van der Waals surface area contributed by atoms with Crippen LogP contribution in [0.1, 0.15) is 25.8 Å². The summed E-state index contributed by atoms with van der Waals surface area (Å²) >= 11 is 6.70. The molecule has 0 aromatic heterocycles. The van der Waals surface area contributed by atoms with Gasteiger partial charge >= 0.3 is 0 Å². The van der Waals surface area contributed by atoms with Crippen LogP contribution in [0.25, 0.3) is 6.08 Å². The Morgan fingerprint density at radius 3 is 2.53 bits per heavy atom. The van der Waals surface area contributed by atoms with Gasteiger partial charge in [-0.15, -0.1) is 0 Å². The van der Waals surface area contributed by atoms with Gasteiger partial charge in [0, 0.05) is 6.54 Å². The first-order chi connectivity index (χ1) is 15.5. The quantitative estimate of drug-likeness (QED) is 0.299. The van der Waals surface area contributed by atoms with Gasteiger partial charge in [0.15, 0.2) is 15.8 Å². The molecule has 0 spiro atoms. The Hall–Kier alpha value is -2.55. The number of ether oxygens (including phenoxy) is 2. The summed E-state index contributed by atoms with van der Waals surface area (Å²) in [5.74, 6) is 0.986. The molecule has 1 fully saturated rings. The number of anilines is 1. The third-order valence-corrected chi connectivity index (χ3v) is 6.47. The van der Waals surface area contributed by atoms with E-state index in [1.807, 2.05) is 24.3 Å². The molecule has 32 heavy (non-hydrogen) atoms. The van der Waals surface area contributed by atoms with Crippen LogP contribution >= 0.6 is 24.0 Å². The van der Waals surface area contributed by atoms with Crippen molar-refractivity contribution in [3.8, 4) is 17.2 Å². The molecule has 0 saturated carbocycles. The van der Waals surface area contributed by atoms with Crippen molar-refractivity contribution in [1.29, 1.82) is 0 Å². The van der Waals surface area contributed by atoms with Crippen LogP contribution in [0, 0.1) is 0 Å². The Balaban J connectivity index is 1.64. The van der Waals surface area contributed by atoms with E-state index in [-0.39, 0.29) is 11.7 Å². The lowest BCUT2D eigenvalue weighted by molar-refractivity contribution is -0.113. The number of amides is 1. The summed E-state index contributed by atoms with van der Waals surface area (Å²) in [6, 6.07) is 12.3. The van der Waals surface area contributed by atoms with E-state index in [9.17, 15) is 9.90 Å². The van der Waals surface area contributed by atoms with Crippen molar-refractivity contribution in [3.63, 3.8) is 0 Å². The topological polar surface area (TPSA) is 62.2 Å². The van der Waals surface area contributed by atoms with Crippen molar-refractivity contribution in [2.75, 3.05) is 38.3 Å². The number of hydrogen-bond acceptors (Lipinski definition) is 7. The molecule has 0 unspecified atom stereocenters. The van der Waals surface area contributed by atoms with Gasteiger partial charge in [0.05, 0.1) is 24.3 Å². The number of phenols is 1. The number of rotatable bonds is 10. The lowest BCUT2D eigenvalue weighted by atomic mass is 10.2. The van der Waals surface area contributed by atoms with E-state index in [1.165, 1.54) is 29.8 Å². The maximum absolute atomic E-state index is 13.0. The number of phenolic OH excluding ortho intramolecular Hbond substituents is 1. The van der Waals surface area contributed by atoms with Gasteiger partial charge in [-0.3, -0.25) is 9.69 Å². The minimum atomic E-state index is -0.181. The largest absolute Gasteiger partial charge is 0.504 e. The van der Waals surface area contributed by atoms with Gasteiger partial charge in [0.25, 0.3) is 5.91 Å². The average Bonchev–Trinajstić information content (AvgIpc) is 3.08. The predicted molar refractivity (Wildman–Crippen MR) is 135 cm³/mol. The minimum Gasteiger partial charge on any atom is -0.504 e. The first-order valence-electron chi connectivity index (χ1n) is 10.6. The molecule has 1 aliphatic rings. The molecular weight excluding hydrogens is 444 g/mol. The molecule has 3 rings (SSSR count). The van der Waals surface area contributed by atoms with Gasteiger partial charge in [-0.25, -0.2) is 0 Å². The fraction of sp³-hybridized carbons (Fsp3) is 0.333. The molecule has 0 bridgehead atoms. The first kappa shape index (κ1) is 24.1. The summed E-state index contributed by atoms with van der Waals surface area (Å²) in [4.78, 5) is 17.4. The van der Waals surface area contributed by atoms with Gasteiger partial charge < -0.3 is 19.5 Å². The molecule has 8 heteroatoms. The van der Waals surface area contributed by atoms with Crippen molar-refractivity contribution in [3.05, 3.63) is 52.9 Å². The number of carbonyl (C=O) groups excluding carboxylic acids is 1. The highest BCUT2D eigenvalue weighted by Gasteiger charge is 2.33. The van der Waals surface area contributed by atoms with Crippen LogP contribution in [0.2, 0.25) is 0 Å². The zero-order chi connectivity index (χ0) is 23.1. The maximum atomic E-state index is 13.0. The Labute approximate surface area is 198 Å². The SMILES string of the molecule is CCN(CC)CCCOc1ccc(N2C(=O)C(=Cc3ccc(O)c(OC)c3)SC2=S)cc1. The minimum absolute atomic E-state index is 0.0487. The van der Waals surface area contributed by atoms with Crippen molar-refractivity contribution < 1.29 is 19.4 Å². The molecule has 170 valence electrons. The van der Waals surface area contributed by atoms with Gasteiger partial charge in [-0.05, 0) is 67.5 Å². The highest BCUT2D eigenvalue weighted by molar-refractivity contribution is 8.27. The van der Waals surface area contributed by atoms with E-state index in [2.05, 4.69) is 18.7 Å². The van der Waals surface area contributed by atoms with Gasteiger partial charge in [-0.1, -0.05) is 43.9 Å². The number of benzene rings is 2. The number of carbonyl (C=O) groups is 1. The zero-order valence-corrected chi connectivity index (χ0v) is 20.2. The summed E-state index contributed by atoms with van der Waals surface area (Å²) < 4.78 is 11.4. The summed E-state index contributed by atoms with van der Waals surface area (Å²) in [6.07, 6.45) is 2.71. The summed E-state index contributed by atoms with van der Waals surface area (Å²) in [5.41, 5.74) is 1.45. The highest BCUT2D eigenvalue weighted by atomic mass is 32.2. The molecule has 2 aromatic rings. The Kier molecular flexibility index (Phi) is 8.55. The standard InChI is InChI=1S/C24H28N2O4S2/c1-4-25(5-2)13-6-14-30-19-10-8-18(9-11-19)26-23(28)22(32-24(26)31)16-17-7-12-20(27)21(15-17)29-3/h7-12,15-16,27H,4-6,13-14H2,1-3H3. The predicted octanol–water partition coefficient (Wildman–Crippen LogP) is 4.92. The molecule has 0 atom stereocenters. The Morgan fingerprint density at radius 1 is 1.16 bits per heavy atom.